The molecule has 0 aromatic heterocycles. The molecule has 0 heterocycles. The summed E-state index contributed by atoms with van der Waals surface area (Å²) >= 11 is 0. The average Bonchev–Trinajstić information content (AvgIpc) is 2.28. The maximum Gasteiger partial charge on any atom is 0.0317 e. The summed E-state index contributed by atoms with van der Waals surface area (Å²) in [5.74, 6) is 0. The third-order valence-electron chi connectivity index (χ3n) is 3.10. The lowest BCUT2D eigenvalue weighted by Crippen LogP contribution is -2.04. The van der Waals surface area contributed by atoms with Gasteiger partial charge in [-0.2, -0.15) is 0 Å². The standard InChI is InChI=1S/C14H13N.ClH/c15-12-7-8-14-11(9-12)6-5-10-3-1-2-4-13(10)14;/h1-4,7-9H,5-6,15H2;1H. The van der Waals surface area contributed by atoms with E-state index in [1.165, 1.54) is 22.3 Å². The quantitative estimate of drug-likeness (QED) is 0.691. The molecule has 0 saturated carbocycles. The summed E-state index contributed by atoms with van der Waals surface area (Å²) in [6, 6.07) is 14.9. The molecule has 2 aromatic rings. The Kier molecular flexibility index (Phi) is 2.88. The molecule has 0 radical (unpaired) electrons. The highest BCUT2D eigenvalue weighted by atomic mass is 35.5. The summed E-state index contributed by atoms with van der Waals surface area (Å²) in [6.07, 6.45) is 2.24. The van der Waals surface area contributed by atoms with E-state index in [-0.39, 0.29) is 12.4 Å². The van der Waals surface area contributed by atoms with Gasteiger partial charge in [0.2, 0.25) is 0 Å². The third kappa shape index (κ3) is 1.68. The van der Waals surface area contributed by atoms with Gasteiger partial charge in [-0.3, -0.25) is 0 Å². The van der Waals surface area contributed by atoms with E-state index < -0.39 is 0 Å². The Bertz CT molecular complexity index is 520. The molecule has 0 saturated heterocycles. The SMILES string of the molecule is Cl.Nc1ccc2c(c1)CCc1ccccc1-2. The van der Waals surface area contributed by atoms with Crippen LogP contribution in [0, 0.1) is 0 Å². The van der Waals surface area contributed by atoms with E-state index in [2.05, 4.69) is 36.4 Å². The molecule has 0 fully saturated rings. The van der Waals surface area contributed by atoms with Crippen molar-refractivity contribution in [3.8, 4) is 11.1 Å². The lowest BCUT2D eigenvalue weighted by atomic mass is 9.85. The van der Waals surface area contributed by atoms with Gasteiger partial charge in [0.15, 0.2) is 0 Å². The Hall–Kier alpha value is -1.47. The van der Waals surface area contributed by atoms with Crippen LogP contribution in [0.1, 0.15) is 11.1 Å². The first-order valence-corrected chi connectivity index (χ1v) is 5.31. The fourth-order valence-electron chi connectivity index (χ4n) is 2.35. The molecule has 1 aliphatic carbocycles. The van der Waals surface area contributed by atoms with Crippen molar-refractivity contribution in [2.45, 2.75) is 12.8 Å². The van der Waals surface area contributed by atoms with Crippen molar-refractivity contribution < 1.29 is 0 Å². The minimum atomic E-state index is 0. The number of rotatable bonds is 0. The lowest BCUT2D eigenvalue weighted by Gasteiger charge is -2.19. The molecule has 1 aliphatic rings. The van der Waals surface area contributed by atoms with Gasteiger partial charge in [-0.25, -0.2) is 0 Å². The zero-order valence-corrected chi connectivity index (χ0v) is 9.76. The van der Waals surface area contributed by atoms with Crippen LogP contribution in [-0.2, 0) is 12.8 Å². The maximum absolute atomic E-state index is 5.80. The van der Waals surface area contributed by atoms with E-state index in [1.807, 2.05) is 6.07 Å². The Labute approximate surface area is 102 Å². The molecule has 2 heteroatoms. The molecule has 0 amide bonds. The monoisotopic (exact) mass is 231 g/mol. The number of fused-ring (bicyclic) bond motifs is 3. The van der Waals surface area contributed by atoms with Crippen molar-refractivity contribution in [1.82, 2.24) is 0 Å². The van der Waals surface area contributed by atoms with E-state index >= 15 is 0 Å². The molecule has 2 aromatic carbocycles. The molecule has 1 nitrogen and oxygen atoms in total. The summed E-state index contributed by atoms with van der Waals surface area (Å²) in [6.45, 7) is 0. The number of anilines is 1. The highest BCUT2D eigenvalue weighted by molar-refractivity contribution is 5.85. The van der Waals surface area contributed by atoms with Crippen molar-refractivity contribution in [3.05, 3.63) is 53.6 Å². The summed E-state index contributed by atoms with van der Waals surface area (Å²) in [5.41, 5.74) is 12.2. The fourth-order valence-corrected chi connectivity index (χ4v) is 2.35. The first-order valence-electron chi connectivity index (χ1n) is 5.31. The van der Waals surface area contributed by atoms with Crippen LogP contribution in [0.3, 0.4) is 0 Å². The number of hydrogen-bond acceptors (Lipinski definition) is 1. The highest BCUT2D eigenvalue weighted by Gasteiger charge is 2.14. The van der Waals surface area contributed by atoms with Crippen molar-refractivity contribution in [3.63, 3.8) is 0 Å². The van der Waals surface area contributed by atoms with Gasteiger partial charge in [-0.05, 0) is 47.2 Å². The lowest BCUT2D eigenvalue weighted by molar-refractivity contribution is 0.942. The van der Waals surface area contributed by atoms with Crippen molar-refractivity contribution in [1.29, 1.82) is 0 Å². The minimum Gasteiger partial charge on any atom is -0.399 e. The summed E-state index contributed by atoms with van der Waals surface area (Å²) in [4.78, 5) is 0. The van der Waals surface area contributed by atoms with Crippen molar-refractivity contribution >= 4 is 18.1 Å². The molecular weight excluding hydrogens is 218 g/mol. The van der Waals surface area contributed by atoms with Crippen LogP contribution in [0.4, 0.5) is 5.69 Å². The molecule has 2 N–H and O–H groups in total. The number of nitrogens with two attached hydrogens (primary N) is 1. The Balaban J connectivity index is 0.000000963. The van der Waals surface area contributed by atoms with Crippen LogP contribution in [0.5, 0.6) is 0 Å². The largest absolute Gasteiger partial charge is 0.399 e. The minimum absolute atomic E-state index is 0. The predicted octanol–water partition coefficient (Wildman–Crippen LogP) is 3.46. The molecule has 0 aliphatic heterocycles. The zero-order chi connectivity index (χ0) is 10.3. The maximum atomic E-state index is 5.80. The first-order chi connectivity index (χ1) is 7.34. The van der Waals surface area contributed by atoms with E-state index in [1.54, 1.807) is 0 Å². The molecular formula is C14H14ClN. The van der Waals surface area contributed by atoms with E-state index in [0.717, 1.165) is 18.5 Å². The summed E-state index contributed by atoms with van der Waals surface area (Å²) in [7, 11) is 0. The van der Waals surface area contributed by atoms with Crippen LogP contribution < -0.4 is 5.73 Å². The van der Waals surface area contributed by atoms with E-state index in [4.69, 9.17) is 5.73 Å². The second kappa shape index (κ2) is 4.18. The van der Waals surface area contributed by atoms with Gasteiger partial charge in [-0.15, -0.1) is 12.4 Å². The number of benzene rings is 2. The fraction of sp³-hybridized carbons (Fsp3) is 0.143. The Morgan fingerprint density at radius 2 is 1.50 bits per heavy atom. The van der Waals surface area contributed by atoms with Crippen molar-refractivity contribution in [2.24, 2.45) is 0 Å². The van der Waals surface area contributed by atoms with Gasteiger partial charge in [0, 0.05) is 5.69 Å². The van der Waals surface area contributed by atoms with Gasteiger partial charge in [0.25, 0.3) is 0 Å². The van der Waals surface area contributed by atoms with Crippen LogP contribution in [0.2, 0.25) is 0 Å². The van der Waals surface area contributed by atoms with Gasteiger partial charge in [-0.1, -0.05) is 30.3 Å². The summed E-state index contributed by atoms with van der Waals surface area (Å²) < 4.78 is 0. The van der Waals surface area contributed by atoms with Crippen LogP contribution in [-0.4, -0.2) is 0 Å². The highest BCUT2D eigenvalue weighted by Crippen LogP contribution is 2.33. The molecule has 82 valence electrons. The predicted molar refractivity (Wildman–Crippen MR) is 70.9 cm³/mol. The number of hydrogen-bond donors (Lipinski definition) is 1. The van der Waals surface area contributed by atoms with Crippen LogP contribution in [0.25, 0.3) is 11.1 Å². The third-order valence-corrected chi connectivity index (χ3v) is 3.10. The number of nitrogen functional groups attached to an aromatic ring is 1. The van der Waals surface area contributed by atoms with Crippen molar-refractivity contribution in [2.75, 3.05) is 5.73 Å². The number of halogens is 1. The molecule has 16 heavy (non-hydrogen) atoms. The van der Waals surface area contributed by atoms with Gasteiger partial charge >= 0.3 is 0 Å². The Morgan fingerprint density at radius 3 is 2.38 bits per heavy atom. The normalized spacial score (nSPS) is 12.2. The molecule has 3 rings (SSSR count). The smallest absolute Gasteiger partial charge is 0.0317 e. The summed E-state index contributed by atoms with van der Waals surface area (Å²) in [5, 5.41) is 0. The second-order valence-corrected chi connectivity index (χ2v) is 4.07. The van der Waals surface area contributed by atoms with E-state index in [0.29, 0.717) is 0 Å². The molecule has 0 unspecified atom stereocenters. The van der Waals surface area contributed by atoms with Gasteiger partial charge in [0.1, 0.15) is 0 Å². The molecule has 0 bridgehead atoms. The Morgan fingerprint density at radius 1 is 0.812 bits per heavy atom. The van der Waals surface area contributed by atoms with E-state index in [9.17, 15) is 0 Å². The van der Waals surface area contributed by atoms with Crippen LogP contribution >= 0.6 is 12.4 Å². The molecule has 0 spiro atoms. The average molecular weight is 232 g/mol. The number of aryl methyl sites for hydroxylation is 2. The van der Waals surface area contributed by atoms with Gasteiger partial charge in [0.05, 0.1) is 0 Å². The zero-order valence-electron chi connectivity index (χ0n) is 8.94. The molecule has 0 atom stereocenters. The van der Waals surface area contributed by atoms with Gasteiger partial charge < -0.3 is 5.73 Å². The van der Waals surface area contributed by atoms with Crippen LogP contribution in [0.15, 0.2) is 42.5 Å². The topological polar surface area (TPSA) is 26.0 Å². The second-order valence-electron chi connectivity index (χ2n) is 4.07. The first kappa shape index (κ1) is 11.0.